The third kappa shape index (κ3) is 5.11. The third-order valence-electron chi connectivity index (χ3n) is 3.68. The Balaban J connectivity index is 1.47. The van der Waals surface area contributed by atoms with Crippen molar-refractivity contribution >= 4 is 40.6 Å². The van der Waals surface area contributed by atoms with Crippen molar-refractivity contribution in [2.45, 2.75) is 18.7 Å². The van der Waals surface area contributed by atoms with Crippen LogP contribution in [-0.4, -0.2) is 21.2 Å². The minimum absolute atomic E-state index is 0.0267. The number of amides is 1. The lowest BCUT2D eigenvalue weighted by molar-refractivity contribution is -0.119. The number of benzene rings is 1. The van der Waals surface area contributed by atoms with Gasteiger partial charge in [-0.1, -0.05) is 23.7 Å². The van der Waals surface area contributed by atoms with Crippen molar-refractivity contribution in [3.8, 4) is 5.69 Å². The molecule has 25 heavy (non-hydrogen) atoms. The zero-order valence-electron chi connectivity index (χ0n) is 13.7. The molecule has 3 rings (SSSR count). The maximum atomic E-state index is 12.1. The smallest absolute Gasteiger partial charge is 0.230 e. The molecule has 0 spiro atoms. The van der Waals surface area contributed by atoms with Gasteiger partial charge in [0.25, 0.3) is 0 Å². The third-order valence-corrected chi connectivity index (χ3v) is 6.07. The number of rotatable bonds is 7. The number of nitrogens with one attached hydrogen (secondary N) is 1. The van der Waals surface area contributed by atoms with Gasteiger partial charge in [-0.15, -0.1) is 23.1 Å². The second kappa shape index (κ2) is 8.56. The minimum atomic E-state index is -0.0267. The first-order chi connectivity index (χ1) is 12.1. The normalized spacial score (nSPS) is 12.1. The van der Waals surface area contributed by atoms with Gasteiger partial charge in [-0.05, 0) is 36.8 Å². The Morgan fingerprint density at radius 1 is 1.32 bits per heavy atom. The lowest BCUT2D eigenvalue weighted by Crippen LogP contribution is -2.28. The highest BCUT2D eigenvalue weighted by Gasteiger charge is 2.10. The molecule has 2 heterocycles. The van der Waals surface area contributed by atoms with E-state index >= 15 is 0 Å². The van der Waals surface area contributed by atoms with Crippen LogP contribution in [0.15, 0.2) is 55.1 Å². The number of carbonyl (C=O) groups is 1. The highest BCUT2D eigenvalue weighted by atomic mass is 35.5. The van der Waals surface area contributed by atoms with Crippen molar-refractivity contribution in [3.63, 3.8) is 0 Å². The number of halogens is 1. The van der Waals surface area contributed by atoms with Gasteiger partial charge in [0.1, 0.15) is 0 Å². The monoisotopic (exact) mass is 391 g/mol. The number of nitrogens with zero attached hydrogens (tertiary/aromatic N) is 2. The summed E-state index contributed by atoms with van der Waals surface area (Å²) in [6.07, 6.45) is 5.41. The number of aromatic nitrogens is 2. The first-order valence-corrected chi connectivity index (χ1v) is 10.2. The molecule has 0 radical (unpaired) electrons. The molecule has 0 aliphatic carbocycles. The number of imidazole rings is 1. The van der Waals surface area contributed by atoms with Crippen LogP contribution in [0.25, 0.3) is 5.69 Å². The van der Waals surface area contributed by atoms with E-state index in [1.165, 1.54) is 4.88 Å². The molecule has 1 N–H and O–H groups in total. The van der Waals surface area contributed by atoms with Crippen LogP contribution < -0.4 is 5.32 Å². The van der Waals surface area contributed by atoms with Crippen LogP contribution in [0.2, 0.25) is 4.34 Å². The molecule has 3 aromatic rings. The summed E-state index contributed by atoms with van der Waals surface area (Å²) in [5.41, 5.74) is 2.12. The molecule has 1 atom stereocenters. The van der Waals surface area contributed by atoms with Gasteiger partial charge >= 0.3 is 0 Å². The average molecular weight is 392 g/mol. The molecule has 0 aliphatic rings. The fourth-order valence-corrected chi connectivity index (χ4v) is 4.42. The van der Waals surface area contributed by atoms with Crippen LogP contribution in [0.4, 0.5) is 0 Å². The van der Waals surface area contributed by atoms with Crippen LogP contribution in [0, 0.1) is 0 Å². The minimum Gasteiger partial charge on any atom is -0.349 e. The predicted octanol–water partition coefficient (Wildman–Crippen LogP) is 4.70. The molecule has 0 fully saturated rings. The van der Waals surface area contributed by atoms with Gasteiger partial charge < -0.3 is 9.88 Å². The zero-order valence-corrected chi connectivity index (χ0v) is 16.1. The largest absolute Gasteiger partial charge is 0.349 e. The van der Waals surface area contributed by atoms with Crippen LogP contribution in [0.5, 0.6) is 0 Å². The molecule has 0 bridgehead atoms. The summed E-state index contributed by atoms with van der Waals surface area (Å²) in [5.74, 6) is 1.28. The van der Waals surface area contributed by atoms with Crippen molar-refractivity contribution < 1.29 is 4.79 Å². The molecule has 0 aliphatic heterocycles. The van der Waals surface area contributed by atoms with E-state index in [1.54, 1.807) is 35.6 Å². The Hall–Kier alpha value is -1.76. The van der Waals surface area contributed by atoms with E-state index in [0.717, 1.165) is 21.3 Å². The molecular formula is C18H18ClN3OS2. The highest BCUT2D eigenvalue weighted by molar-refractivity contribution is 7.99. The predicted molar refractivity (Wildman–Crippen MR) is 106 cm³/mol. The second-order valence-electron chi connectivity index (χ2n) is 5.55. The Bertz CT molecular complexity index is 815. The van der Waals surface area contributed by atoms with Crippen LogP contribution in [0.1, 0.15) is 23.4 Å². The fourth-order valence-electron chi connectivity index (χ4n) is 2.39. The lowest BCUT2D eigenvalue weighted by atomic mass is 10.1. The number of carbonyl (C=O) groups excluding carboxylic acids is 1. The Labute approximate surface area is 160 Å². The molecule has 0 saturated heterocycles. The maximum absolute atomic E-state index is 12.1. The summed E-state index contributed by atoms with van der Waals surface area (Å²) in [4.78, 5) is 17.3. The van der Waals surface area contributed by atoms with Gasteiger partial charge in [-0.3, -0.25) is 4.79 Å². The Morgan fingerprint density at radius 2 is 2.12 bits per heavy atom. The van der Waals surface area contributed by atoms with Gasteiger partial charge in [0.05, 0.1) is 22.5 Å². The summed E-state index contributed by atoms with van der Waals surface area (Å²) in [7, 11) is 0. The van der Waals surface area contributed by atoms with Crippen molar-refractivity contribution in [1.29, 1.82) is 0 Å². The SMILES string of the molecule is CC(NC(=O)CSCc1ccc(Cl)s1)c1ccc(-n2ccnc2)cc1. The topological polar surface area (TPSA) is 46.9 Å². The second-order valence-corrected chi connectivity index (χ2v) is 8.33. The van der Waals surface area contributed by atoms with Crippen LogP contribution in [-0.2, 0) is 10.5 Å². The van der Waals surface area contributed by atoms with Gasteiger partial charge in [-0.2, -0.15) is 0 Å². The number of hydrogen-bond acceptors (Lipinski definition) is 4. The molecule has 1 amide bonds. The number of hydrogen-bond donors (Lipinski definition) is 1. The molecule has 7 heteroatoms. The van der Waals surface area contributed by atoms with Crippen molar-refractivity contribution in [2.75, 3.05) is 5.75 Å². The van der Waals surface area contributed by atoms with E-state index in [-0.39, 0.29) is 11.9 Å². The van der Waals surface area contributed by atoms with E-state index in [1.807, 2.05) is 54.1 Å². The lowest BCUT2D eigenvalue weighted by Gasteiger charge is -2.15. The molecule has 1 aromatic carbocycles. The van der Waals surface area contributed by atoms with Crippen molar-refractivity contribution in [2.24, 2.45) is 0 Å². The maximum Gasteiger partial charge on any atom is 0.230 e. The van der Waals surface area contributed by atoms with E-state index < -0.39 is 0 Å². The number of thioether (sulfide) groups is 1. The quantitative estimate of drug-likeness (QED) is 0.635. The Kier molecular flexibility index (Phi) is 6.18. The summed E-state index contributed by atoms with van der Waals surface area (Å²) >= 11 is 9.06. The van der Waals surface area contributed by atoms with Gasteiger partial charge in [-0.25, -0.2) is 4.98 Å². The van der Waals surface area contributed by atoms with Gasteiger partial charge in [0.2, 0.25) is 5.91 Å². The first kappa shape index (κ1) is 18.0. The molecule has 1 unspecified atom stereocenters. The van der Waals surface area contributed by atoms with Gasteiger partial charge in [0, 0.05) is 28.7 Å². The molecule has 2 aromatic heterocycles. The highest BCUT2D eigenvalue weighted by Crippen LogP contribution is 2.25. The summed E-state index contributed by atoms with van der Waals surface area (Å²) in [5, 5.41) is 3.04. The van der Waals surface area contributed by atoms with E-state index in [9.17, 15) is 4.79 Å². The van der Waals surface area contributed by atoms with Crippen molar-refractivity contribution in [1.82, 2.24) is 14.9 Å². The summed E-state index contributed by atoms with van der Waals surface area (Å²) < 4.78 is 2.73. The molecule has 130 valence electrons. The molecule has 0 saturated carbocycles. The average Bonchev–Trinajstić information content (AvgIpc) is 3.27. The zero-order chi connectivity index (χ0) is 17.6. The van der Waals surface area contributed by atoms with Crippen LogP contribution >= 0.6 is 34.7 Å². The Morgan fingerprint density at radius 3 is 2.76 bits per heavy atom. The number of thiophene rings is 1. The molecular weight excluding hydrogens is 374 g/mol. The fraction of sp³-hybridized carbons (Fsp3) is 0.222. The van der Waals surface area contributed by atoms with Gasteiger partial charge in [0.15, 0.2) is 0 Å². The van der Waals surface area contributed by atoms with Crippen molar-refractivity contribution in [3.05, 3.63) is 69.9 Å². The standard InChI is InChI=1S/C18H18ClN3OS2/c1-13(14-2-4-15(5-3-14)22-9-8-20-12-22)21-18(23)11-24-10-16-6-7-17(19)25-16/h2-9,12-13H,10-11H2,1H3,(H,21,23). The van der Waals surface area contributed by atoms with E-state index in [4.69, 9.17) is 11.6 Å². The van der Waals surface area contributed by atoms with E-state index in [0.29, 0.717) is 5.75 Å². The molecule has 4 nitrogen and oxygen atoms in total. The van der Waals surface area contributed by atoms with Crippen LogP contribution in [0.3, 0.4) is 0 Å². The van der Waals surface area contributed by atoms with E-state index in [2.05, 4.69) is 10.3 Å². The summed E-state index contributed by atoms with van der Waals surface area (Å²) in [6.45, 7) is 1.99. The summed E-state index contributed by atoms with van der Waals surface area (Å²) in [6, 6.07) is 12.0. The first-order valence-electron chi connectivity index (χ1n) is 7.81.